The molecule has 0 aliphatic carbocycles. The number of rotatable bonds is 8. The third kappa shape index (κ3) is 6.01. The lowest BCUT2D eigenvalue weighted by Crippen LogP contribution is -2.51. The Bertz CT molecular complexity index is 369. The van der Waals surface area contributed by atoms with Crippen LogP contribution in [0.25, 0.3) is 0 Å². The van der Waals surface area contributed by atoms with Gasteiger partial charge in [-0.3, -0.25) is 4.79 Å². The van der Waals surface area contributed by atoms with E-state index in [4.69, 9.17) is 5.11 Å². The average Bonchev–Trinajstić information content (AvgIpc) is 2.44. The number of nitrogens with one attached hydrogen (secondary N) is 1. The van der Waals surface area contributed by atoms with Crippen LogP contribution in [0.1, 0.15) is 34.1 Å². The van der Waals surface area contributed by atoms with Crippen molar-refractivity contribution in [2.75, 3.05) is 26.7 Å². The highest BCUT2D eigenvalue weighted by atomic mass is 16.4. The second-order valence-electron chi connectivity index (χ2n) is 5.07. The average molecular weight is 301 g/mol. The molecule has 0 saturated heterocycles. The van der Waals surface area contributed by atoms with E-state index >= 15 is 0 Å². The monoisotopic (exact) mass is 301 g/mol. The minimum atomic E-state index is -1.07. The Labute approximate surface area is 126 Å². The SMILES string of the molecule is CCC(C)C(NC(=O)N(C)CC(=O)N(CC)CC)C(=O)O. The van der Waals surface area contributed by atoms with Gasteiger partial charge >= 0.3 is 12.0 Å². The lowest BCUT2D eigenvalue weighted by atomic mass is 9.99. The van der Waals surface area contributed by atoms with Gasteiger partial charge in [0.05, 0.1) is 0 Å². The molecule has 0 spiro atoms. The van der Waals surface area contributed by atoms with Crippen LogP contribution in [-0.4, -0.2) is 65.5 Å². The first-order valence-corrected chi connectivity index (χ1v) is 7.30. The number of urea groups is 1. The van der Waals surface area contributed by atoms with Crippen LogP contribution < -0.4 is 5.32 Å². The van der Waals surface area contributed by atoms with Gasteiger partial charge in [-0.2, -0.15) is 0 Å². The first-order valence-electron chi connectivity index (χ1n) is 7.30. The van der Waals surface area contributed by atoms with Crippen molar-refractivity contribution < 1.29 is 19.5 Å². The molecule has 0 aliphatic rings. The zero-order valence-corrected chi connectivity index (χ0v) is 13.5. The topological polar surface area (TPSA) is 90.0 Å². The predicted octanol–water partition coefficient (Wildman–Crippen LogP) is 0.996. The Hall–Kier alpha value is -1.79. The maximum Gasteiger partial charge on any atom is 0.326 e. The van der Waals surface area contributed by atoms with Crippen LogP contribution in [0, 0.1) is 5.92 Å². The van der Waals surface area contributed by atoms with E-state index in [-0.39, 0.29) is 18.4 Å². The number of aliphatic carboxylic acids is 1. The number of amides is 3. The third-order valence-corrected chi connectivity index (χ3v) is 3.59. The lowest BCUT2D eigenvalue weighted by Gasteiger charge is -2.26. The van der Waals surface area contributed by atoms with Gasteiger partial charge in [0, 0.05) is 20.1 Å². The fourth-order valence-corrected chi connectivity index (χ4v) is 1.88. The molecule has 0 aromatic heterocycles. The van der Waals surface area contributed by atoms with Gasteiger partial charge in [-0.05, 0) is 19.8 Å². The predicted molar refractivity (Wildman–Crippen MR) is 80.0 cm³/mol. The summed E-state index contributed by atoms with van der Waals surface area (Å²) in [6.45, 7) is 8.45. The van der Waals surface area contributed by atoms with Gasteiger partial charge < -0.3 is 20.2 Å². The van der Waals surface area contributed by atoms with Gasteiger partial charge in [-0.15, -0.1) is 0 Å². The van der Waals surface area contributed by atoms with Crippen LogP contribution in [-0.2, 0) is 9.59 Å². The number of likely N-dealkylation sites (N-methyl/N-ethyl adjacent to an activating group) is 2. The van der Waals surface area contributed by atoms with E-state index < -0.39 is 18.0 Å². The molecule has 0 bridgehead atoms. The van der Waals surface area contributed by atoms with Gasteiger partial charge in [0.25, 0.3) is 0 Å². The molecule has 0 rings (SSSR count). The molecule has 0 fully saturated rings. The normalized spacial score (nSPS) is 13.2. The Kier molecular flexibility index (Phi) is 8.42. The molecule has 2 atom stereocenters. The zero-order chi connectivity index (χ0) is 16.6. The Morgan fingerprint density at radius 1 is 1.14 bits per heavy atom. The molecule has 7 heteroatoms. The van der Waals surface area contributed by atoms with E-state index in [9.17, 15) is 14.4 Å². The van der Waals surface area contributed by atoms with Crippen molar-refractivity contribution in [3.8, 4) is 0 Å². The molecule has 0 saturated carbocycles. The minimum absolute atomic E-state index is 0.0691. The van der Waals surface area contributed by atoms with E-state index in [1.54, 1.807) is 11.8 Å². The van der Waals surface area contributed by atoms with Gasteiger partial charge in [-0.1, -0.05) is 20.3 Å². The third-order valence-electron chi connectivity index (χ3n) is 3.59. The van der Waals surface area contributed by atoms with Crippen LogP contribution in [0.2, 0.25) is 0 Å². The molecule has 3 amide bonds. The van der Waals surface area contributed by atoms with E-state index in [1.165, 1.54) is 11.9 Å². The number of carboxylic acids is 1. The van der Waals surface area contributed by atoms with Crippen LogP contribution >= 0.6 is 0 Å². The first kappa shape index (κ1) is 19.2. The summed E-state index contributed by atoms with van der Waals surface area (Å²) in [5, 5.41) is 11.6. The molecule has 0 aromatic carbocycles. The molecule has 0 aliphatic heterocycles. The Morgan fingerprint density at radius 3 is 2.05 bits per heavy atom. The number of hydrogen-bond donors (Lipinski definition) is 2. The lowest BCUT2D eigenvalue weighted by molar-refractivity contribution is -0.140. The smallest absolute Gasteiger partial charge is 0.326 e. The largest absolute Gasteiger partial charge is 0.480 e. The first-order chi connectivity index (χ1) is 9.78. The van der Waals surface area contributed by atoms with Crippen molar-refractivity contribution in [1.29, 1.82) is 0 Å². The van der Waals surface area contributed by atoms with E-state index in [1.807, 2.05) is 20.8 Å². The van der Waals surface area contributed by atoms with Gasteiger partial charge in [-0.25, -0.2) is 9.59 Å². The minimum Gasteiger partial charge on any atom is -0.480 e. The molecule has 2 unspecified atom stereocenters. The molecule has 21 heavy (non-hydrogen) atoms. The summed E-state index contributed by atoms with van der Waals surface area (Å²) in [5.74, 6) is -1.41. The Morgan fingerprint density at radius 2 is 1.67 bits per heavy atom. The van der Waals surface area contributed by atoms with E-state index in [0.29, 0.717) is 19.5 Å². The van der Waals surface area contributed by atoms with Crippen LogP contribution in [0.4, 0.5) is 4.79 Å². The fraction of sp³-hybridized carbons (Fsp3) is 0.786. The molecule has 0 aromatic rings. The summed E-state index contributed by atoms with van der Waals surface area (Å²) in [7, 11) is 1.48. The molecule has 2 N–H and O–H groups in total. The van der Waals surface area contributed by atoms with E-state index in [2.05, 4.69) is 5.32 Å². The van der Waals surface area contributed by atoms with Gasteiger partial charge in [0.1, 0.15) is 12.6 Å². The molecule has 7 nitrogen and oxygen atoms in total. The highest BCUT2D eigenvalue weighted by molar-refractivity contribution is 5.86. The summed E-state index contributed by atoms with van der Waals surface area (Å²) in [6.07, 6.45) is 0.638. The van der Waals surface area contributed by atoms with Crippen LogP contribution in [0.5, 0.6) is 0 Å². The zero-order valence-electron chi connectivity index (χ0n) is 13.5. The molecular weight excluding hydrogens is 274 g/mol. The molecular formula is C14H27N3O4. The van der Waals surface area contributed by atoms with Crippen molar-refractivity contribution in [2.24, 2.45) is 5.92 Å². The van der Waals surface area contributed by atoms with Crippen molar-refractivity contribution >= 4 is 17.9 Å². The number of carbonyl (C=O) groups excluding carboxylic acids is 2. The van der Waals surface area contributed by atoms with Gasteiger partial charge in [0.15, 0.2) is 0 Å². The second kappa shape index (κ2) is 9.20. The summed E-state index contributed by atoms with van der Waals surface area (Å²) in [4.78, 5) is 37.9. The van der Waals surface area contributed by atoms with Crippen LogP contribution in [0.15, 0.2) is 0 Å². The van der Waals surface area contributed by atoms with Crippen molar-refractivity contribution in [3.63, 3.8) is 0 Å². The van der Waals surface area contributed by atoms with E-state index in [0.717, 1.165) is 0 Å². The summed E-state index contributed by atoms with van der Waals surface area (Å²) >= 11 is 0. The molecule has 122 valence electrons. The van der Waals surface area contributed by atoms with Crippen molar-refractivity contribution in [1.82, 2.24) is 15.1 Å². The standard InChI is InChI=1S/C14H27N3O4/c1-6-10(4)12(13(19)20)15-14(21)16(5)9-11(18)17(7-2)8-3/h10,12H,6-9H2,1-5H3,(H,15,21)(H,19,20). The molecule has 0 radical (unpaired) electrons. The fourth-order valence-electron chi connectivity index (χ4n) is 1.88. The number of nitrogens with zero attached hydrogens (tertiary/aromatic N) is 2. The number of carbonyl (C=O) groups is 3. The van der Waals surface area contributed by atoms with Gasteiger partial charge in [0.2, 0.25) is 5.91 Å². The Balaban J connectivity index is 4.63. The number of hydrogen-bond acceptors (Lipinski definition) is 3. The van der Waals surface area contributed by atoms with Crippen LogP contribution in [0.3, 0.4) is 0 Å². The maximum absolute atomic E-state index is 12.0. The quantitative estimate of drug-likeness (QED) is 0.699. The highest BCUT2D eigenvalue weighted by Crippen LogP contribution is 2.08. The maximum atomic E-state index is 12.0. The highest BCUT2D eigenvalue weighted by Gasteiger charge is 2.27. The summed E-state index contributed by atoms with van der Waals surface area (Å²) < 4.78 is 0. The summed E-state index contributed by atoms with van der Waals surface area (Å²) in [6, 6.07) is -1.50. The molecule has 0 heterocycles. The van der Waals surface area contributed by atoms with Crippen molar-refractivity contribution in [3.05, 3.63) is 0 Å². The number of carboxylic acid groups (broad SMARTS) is 1. The second-order valence-corrected chi connectivity index (χ2v) is 5.07. The summed E-state index contributed by atoms with van der Waals surface area (Å²) in [5.41, 5.74) is 0. The van der Waals surface area contributed by atoms with Crippen molar-refractivity contribution in [2.45, 2.75) is 40.2 Å².